The Morgan fingerprint density at radius 1 is 0.706 bits per heavy atom. The average Bonchev–Trinajstić information content (AvgIpc) is 2.81. The van der Waals surface area contributed by atoms with Gasteiger partial charge in [-0.2, -0.15) is 0 Å². The monoisotopic (exact) mass is 490 g/mol. The summed E-state index contributed by atoms with van der Waals surface area (Å²) in [4.78, 5) is 40.1. The van der Waals surface area contributed by atoms with E-state index in [-0.39, 0.29) is 46.7 Å². The van der Waals surface area contributed by atoms with E-state index in [4.69, 9.17) is 23.7 Å². The summed E-state index contributed by atoms with van der Waals surface area (Å²) in [6, 6.07) is 9.83. The Morgan fingerprint density at radius 2 is 1.06 bits per heavy atom. The first kappa shape index (κ1) is 27.1. The zero-order valence-electron chi connectivity index (χ0n) is 20.6. The molecule has 0 radical (unpaired) electrons. The van der Waals surface area contributed by atoms with Crippen LogP contribution >= 0.6 is 7.92 Å². The van der Waals surface area contributed by atoms with Crippen LogP contribution in [0.3, 0.4) is 0 Å². The number of rotatable bonds is 11. The maximum atomic E-state index is 13.8. The average molecular weight is 490 g/mol. The minimum absolute atomic E-state index is 0.0235. The molecular weight excluding hydrogens is 459 g/mol. The number of esters is 1. The minimum Gasteiger partial charge on any atom is -0.496 e. The molecule has 0 spiro atoms. The van der Waals surface area contributed by atoms with Gasteiger partial charge in [0.1, 0.15) is 39.7 Å². The summed E-state index contributed by atoms with van der Waals surface area (Å²) < 4.78 is 26.9. The third-order valence-corrected chi connectivity index (χ3v) is 6.83. The van der Waals surface area contributed by atoms with Gasteiger partial charge in [-0.1, -0.05) is 12.1 Å². The van der Waals surface area contributed by atoms with E-state index in [1.807, 2.05) is 0 Å². The molecule has 34 heavy (non-hydrogen) atoms. The van der Waals surface area contributed by atoms with Gasteiger partial charge in [0.25, 0.3) is 0 Å². The molecule has 2 aromatic rings. The number of hydrogen-bond acceptors (Lipinski definition) is 8. The molecular formula is C25H31O8P. The maximum absolute atomic E-state index is 13.8. The van der Waals surface area contributed by atoms with E-state index >= 15 is 0 Å². The summed E-state index contributed by atoms with van der Waals surface area (Å²) in [5.74, 6) is 0.588. The molecule has 0 atom stereocenters. The number of ether oxygens (including phenoxy) is 5. The van der Waals surface area contributed by atoms with E-state index in [1.165, 1.54) is 28.4 Å². The predicted octanol–water partition coefficient (Wildman–Crippen LogP) is 4.92. The normalized spacial score (nSPS) is 11.1. The topological polar surface area (TPSA) is 97.4 Å². The van der Waals surface area contributed by atoms with Crippen molar-refractivity contribution in [2.45, 2.75) is 32.8 Å². The molecule has 0 aliphatic carbocycles. The highest BCUT2D eigenvalue weighted by Gasteiger charge is 2.36. The minimum atomic E-state index is -2.10. The van der Waals surface area contributed by atoms with Crippen LogP contribution in [0.5, 0.6) is 23.0 Å². The molecule has 2 aromatic carbocycles. The summed E-state index contributed by atoms with van der Waals surface area (Å²) in [6.07, 6.45) is -0.139. The predicted molar refractivity (Wildman–Crippen MR) is 130 cm³/mol. The summed E-state index contributed by atoms with van der Waals surface area (Å²) in [5.41, 5.74) is -1.36. The first-order valence-electron chi connectivity index (χ1n) is 10.6. The second kappa shape index (κ2) is 11.8. The molecule has 0 N–H and O–H groups in total. The van der Waals surface area contributed by atoms with Crippen molar-refractivity contribution < 1.29 is 38.1 Å². The molecule has 2 rings (SSSR count). The second-order valence-corrected chi connectivity index (χ2v) is 10.3. The summed E-state index contributed by atoms with van der Waals surface area (Å²) in [6.45, 7) is 5.26. The smallest absolute Gasteiger partial charge is 0.306 e. The third kappa shape index (κ3) is 6.48. The van der Waals surface area contributed by atoms with Crippen LogP contribution in [0.25, 0.3) is 0 Å². The standard InChI is InChI=1S/C25H31O8P/c1-25(2,3)33-20(26)14-15-34(23(27)21-16(29-4)10-8-11-17(21)30-5)24(28)22-18(31-6)12-9-13-19(22)32-7/h8-13H,14-15H2,1-7H3. The van der Waals surface area contributed by atoms with Gasteiger partial charge < -0.3 is 23.7 Å². The van der Waals surface area contributed by atoms with E-state index in [0.717, 1.165) is 0 Å². The van der Waals surface area contributed by atoms with Gasteiger partial charge in [-0.05, 0) is 51.2 Å². The number of benzene rings is 2. The highest BCUT2D eigenvalue weighted by atomic mass is 31.1. The Kier molecular flexibility index (Phi) is 9.45. The van der Waals surface area contributed by atoms with Crippen molar-refractivity contribution in [1.29, 1.82) is 0 Å². The van der Waals surface area contributed by atoms with Crippen molar-refractivity contribution in [1.82, 2.24) is 0 Å². The van der Waals surface area contributed by atoms with Gasteiger partial charge in [0, 0.05) is 7.92 Å². The molecule has 0 aliphatic rings. The van der Waals surface area contributed by atoms with Crippen LogP contribution in [0, 0.1) is 0 Å². The largest absolute Gasteiger partial charge is 0.496 e. The van der Waals surface area contributed by atoms with Gasteiger partial charge >= 0.3 is 5.97 Å². The van der Waals surface area contributed by atoms with Gasteiger partial charge in [-0.15, -0.1) is 0 Å². The van der Waals surface area contributed by atoms with Crippen molar-refractivity contribution >= 4 is 24.9 Å². The Morgan fingerprint density at radius 3 is 1.35 bits per heavy atom. The lowest BCUT2D eigenvalue weighted by Gasteiger charge is -2.22. The molecule has 0 saturated heterocycles. The molecule has 8 nitrogen and oxygen atoms in total. The van der Waals surface area contributed by atoms with E-state index in [2.05, 4.69) is 0 Å². The van der Waals surface area contributed by atoms with Crippen molar-refractivity contribution in [3.63, 3.8) is 0 Å². The van der Waals surface area contributed by atoms with Crippen LogP contribution in [0.15, 0.2) is 36.4 Å². The fraction of sp³-hybridized carbons (Fsp3) is 0.400. The van der Waals surface area contributed by atoms with Crippen molar-refractivity contribution in [3.05, 3.63) is 47.5 Å². The van der Waals surface area contributed by atoms with Crippen molar-refractivity contribution in [3.8, 4) is 23.0 Å². The van der Waals surface area contributed by atoms with Gasteiger partial charge in [0.2, 0.25) is 0 Å². The molecule has 184 valence electrons. The zero-order valence-corrected chi connectivity index (χ0v) is 21.5. The van der Waals surface area contributed by atoms with Crippen LogP contribution in [-0.4, -0.2) is 57.2 Å². The Balaban J connectivity index is 2.57. The van der Waals surface area contributed by atoms with Crippen molar-refractivity contribution in [2.75, 3.05) is 34.6 Å². The SMILES string of the molecule is COc1cccc(OC)c1C(=O)P(CCC(=O)OC(C)(C)C)C(=O)c1c(OC)cccc1OC. The molecule has 0 aromatic heterocycles. The fourth-order valence-corrected chi connectivity index (χ4v) is 5.26. The van der Waals surface area contributed by atoms with Gasteiger partial charge in [-0.25, -0.2) is 0 Å². The van der Waals surface area contributed by atoms with E-state index < -0.39 is 30.5 Å². The van der Waals surface area contributed by atoms with E-state index in [0.29, 0.717) is 0 Å². The lowest BCUT2D eigenvalue weighted by Crippen LogP contribution is -2.24. The summed E-state index contributed by atoms with van der Waals surface area (Å²) >= 11 is 0. The number of hydrogen-bond donors (Lipinski definition) is 0. The lowest BCUT2D eigenvalue weighted by molar-refractivity contribution is -0.154. The van der Waals surface area contributed by atoms with E-state index in [1.54, 1.807) is 57.2 Å². The molecule has 0 amide bonds. The van der Waals surface area contributed by atoms with Crippen LogP contribution in [-0.2, 0) is 9.53 Å². The zero-order chi connectivity index (χ0) is 25.5. The molecule has 0 fully saturated rings. The van der Waals surface area contributed by atoms with Gasteiger partial charge in [-0.3, -0.25) is 14.4 Å². The molecule has 0 heterocycles. The second-order valence-electron chi connectivity index (χ2n) is 8.17. The number of methoxy groups -OCH3 is 4. The van der Waals surface area contributed by atoms with Gasteiger partial charge in [0.05, 0.1) is 34.9 Å². The van der Waals surface area contributed by atoms with Crippen LogP contribution in [0.1, 0.15) is 47.9 Å². The fourth-order valence-electron chi connectivity index (χ4n) is 3.28. The molecule has 0 bridgehead atoms. The quantitative estimate of drug-likeness (QED) is 0.324. The van der Waals surface area contributed by atoms with Crippen LogP contribution in [0.2, 0.25) is 0 Å². The number of carbonyl (C=O) groups excluding carboxylic acids is 3. The molecule has 0 unspecified atom stereocenters. The number of carbonyl (C=O) groups is 3. The summed E-state index contributed by atoms with van der Waals surface area (Å²) in [5, 5.41) is 0. The van der Waals surface area contributed by atoms with Crippen LogP contribution < -0.4 is 18.9 Å². The van der Waals surface area contributed by atoms with E-state index in [9.17, 15) is 14.4 Å². The maximum Gasteiger partial charge on any atom is 0.306 e. The Hall–Kier alpha value is -3.12. The first-order valence-corrected chi connectivity index (χ1v) is 12.1. The summed E-state index contributed by atoms with van der Waals surface area (Å²) in [7, 11) is 3.62. The molecule has 0 saturated carbocycles. The third-order valence-electron chi connectivity index (χ3n) is 4.73. The van der Waals surface area contributed by atoms with Crippen LogP contribution in [0.4, 0.5) is 0 Å². The molecule has 9 heteroatoms. The first-order chi connectivity index (χ1) is 16.1. The highest BCUT2D eigenvalue weighted by Crippen LogP contribution is 2.50. The Labute approximate surface area is 201 Å². The molecule has 0 aliphatic heterocycles. The highest BCUT2D eigenvalue weighted by molar-refractivity contribution is 7.90. The lowest BCUT2D eigenvalue weighted by atomic mass is 10.2. The van der Waals surface area contributed by atoms with Crippen molar-refractivity contribution in [2.24, 2.45) is 0 Å². The Bertz CT molecular complexity index is 930. The van der Waals surface area contributed by atoms with Gasteiger partial charge in [0.15, 0.2) is 11.0 Å².